The van der Waals surface area contributed by atoms with E-state index in [0.29, 0.717) is 29.6 Å². The Labute approximate surface area is 210 Å². The molecular weight excluding hydrogens is 466 g/mol. The van der Waals surface area contributed by atoms with Crippen molar-refractivity contribution in [3.8, 4) is 0 Å². The van der Waals surface area contributed by atoms with Crippen LogP contribution in [-0.2, 0) is 9.47 Å². The lowest BCUT2D eigenvalue weighted by Crippen LogP contribution is -2.50. The second-order valence-corrected chi connectivity index (χ2v) is 10.9. The van der Waals surface area contributed by atoms with Gasteiger partial charge in [-0.15, -0.1) is 0 Å². The van der Waals surface area contributed by atoms with Crippen molar-refractivity contribution in [3.05, 3.63) is 40.9 Å². The Morgan fingerprint density at radius 3 is 2.71 bits per heavy atom. The summed E-state index contributed by atoms with van der Waals surface area (Å²) in [6, 6.07) is 9.75. The number of nitrogens with zero attached hydrogens (tertiary/aromatic N) is 2. The highest BCUT2D eigenvalue weighted by molar-refractivity contribution is 6.37. The number of halogens is 1. The first kappa shape index (κ1) is 23.8. The first-order valence-electron chi connectivity index (χ1n) is 12.3. The highest BCUT2D eigenvalue weighted by atomic mass is 35.5. The van der Waals surface area contributed by atoms with Crippen LogP contribution in [-0.4, -0.2) is 59.8 Å². The number of hydrogen-bond donors (Lipinski definition) is 1. The van der Waals surface area contributed by atoms with Gasteiger partial charge in [0, 0.05) is 35.9 Å². The van der Waals surface area contributed by atoms with Crippen LogP contribution in [0.15, 0.2) is 30.3 Å². The first-order chi connectivity index (χ1) is 16.7. The zero-order valence-electron chi connectivity index (χ0n) is 20.7. The molecule has 2 aromatic carbocycles. The number of nitrogens with one attached hydrogen (secondary N) is 1. The van der Waals surface area contributed by atoms with Crippen molar-refractivity contribution in [2.75, 3.05) is 31.1 Å². The molecule has 0 aliphatic carbocycles. The summed E-state index contributed by atoms with van der Waals surface area (Å²) < 4.78 is 11.0. The van der Waals surface area contributed by atoms with E-state index in [0.717, 1.165) is 46.9 Å². The molecule has 2 atom stereocenters. The molecule has 3 heterocycles. The summed E-state index contributed by atoms with van der Waals surface area (Å²) in [5.74, 6) is -0.0685. The van der Waals surface area contributed by atoms with Gasteiger partial charge in [-0.3, -0.25) is 0 Å². The molecule has 0 saturated carbocycles. The number of esters is 1. The molecule has 35 heavy (non-hydrogen) atoms. The Morgan fingerprint density at radius 2 is 1.97 bits per heavy atom. The molecule has 2 unspecified atom stereocenters. The zero-order valence-corrected chi connectivity index (χ0v) is 21.4. The number of piperidine rings is 1. The third-order valence-electron chi connectivity index (χ3n) is 6.93. The van der Waals surface area contributed by atoms with E-state index in [9.17, 15) is 9.59 Å². The molecule has 0 bridgehead atoms. The maximum absolute atomic E-state index is 13.0. The number of amides is 1. The number of aromatic nitrogens is 1. The maximum atomic E-state index is 13.0. The fourth-order valence-electron chi connectivity index (χ4n) is 5.57. The number of H-pyrrole nitrogens is 1. The molecule has 2 aliphatic rings. The Balaban J connectivity index is 1.58. The van der Waals surface area contributed by atoms with Crippen LogP contribution in [0.4, 0.5) is 10.5 Å². The number of likely N-dealkylation sites (tertiary alicyclic amines) is 1. The van der Waals surface area contributed by atoms with Gasteiger partial charge in [0.1, 0.15) is 5.60 Å². The largest absolute Gasteiger partial charge is 0.462 e. The van der Waals surface area contributed by atoms with E-state index in [4.69, 9.17) is 21.1 Å². The van der Waals surface area contributed by atoms with Crippen molar-refractivity contribution in [2.45, 2.75) is 52.2 Å². The first-order valence-corrected chi connectivity index (χ1v) is 12.7. The fourth-order valence-corrected chi connectivity index (χ4v) is 5.89. The summed E-state index contributed by atoms with van der Waals surface area (Å²) in [6.07, 6.45) is 1.75. The molecule has 1 amide bonds. The summed E-state index contributed by atoms with van der Waals surface area (Å²) >= 11 is 6.90. The minimum Gasteiger partial charge on any atom is -0.462 e. The van der Waals surface area contributed by atoms with Crippen molar-refractivity contribution >= 4 is 51.2 Å². The maximum Gasteiger partial charge on any atom is 0.410 e. The molecular formula is C27H32ClN3O4. The van der Waals surface area contributed by atoms with E-state index in [2.05, 4.69) is 9.88 Å². The van der Waals surface area contributed by atoms with Gasteiger partial charge in [0.05, 0.1) is 34.4 Å². The predicted octanol–water partition coefficient (Wildman–Crippen LogP) is 5.99. The van der Waals surface area contributed by atoms with Gasteiger partial charge in [-0.05, 0) is 58.6 Å². The third-order valence-corrected chi connectivity index (χ3v) is 7.22. The summed E-state index contributed by atoms with van der Waals surface area (Å²) in [7, 11) is 0. The van der Waals surface area contributed by atoms with Gasteiger partial charge in [0.15, 0.2) is 0 Å². The summed E-state index contributed by atoms with van der Waals surface area (Å²) in [5, 5.41) is 2.43. The van der Waals surface area contributed by atoms with E-state index in [1.807, 2.05) is 49.9 Å². The Hall–Kier alpha value is -2.93. The minimum atomic E-state index is -0.537. The van der Waals surface area contributed by atoms with E-state index in [-0.39, 0.29) is 18.7 Å². The number of fused-ring (bicyclic) bond motifs is 4. The van der Waals surface area contributed by atoms with E-state index in [1.54, 1.807) is 13.0 Å². The minimum absolute atomic E-state index is 0.0552. The molecule has 5 rings (SSSR count). The lowest BCUT2D eigenvalue weighted by Gasteiger charge is -2.37. The highest BCUT2D eigenvalue weighted by Gasteiger charge is 2.43. The van der Waals surface area contributed by atoms with Crippen LogP contribution in [0.5, 0.6) is 0 Å². The van der Waals surface area contributed by atoms with Gasteiger partial charge in [-0.2, -0.15) is 0 Å². The van der Waals surface area contributed by atoms with Gasteiger partial charge in [0.25, 0.3) is 0 Å². The van der Waals surface area contributed by atoms with Crippen molar-refractivity contribution in [2.24, 2.45) is 5.92 Å². The SMILES string of the molecule is CCOC(=O)c1cc(Cl)c(N2CC3CCCN(C(=O)OC(C)(C)C)C3C2)c2c1[nH]c1ccccc12. The fraction of sp³-hybridized carbons (Fsp3) is 0.481. The highest BCUT2D eigenvalue weighted by Crippen LogP contribution is 2.44. The standard InChI is InChI=1S/C27H32ClN3O4/c1-5-34-25(32)18-13-19(28)24(22-17-10-6-7-11-20(17)29-23(18)22)30-14-16-9-8-12-31(21(16)15-30)26(33)35-27(2,3)4/h6-7,10-11,13,16,21,29H,5,8-9,12,14-15H2,1-4H3. The number of ether oxygens (including phenoxy) is 2. The van der Waals surface area contributed by atoms with Crippen molar-refractivity contribution in [1.29, 1.82) is 0 Å². The number of hydrogen-bond acceptors (Lipinski definition) is 5. The topological polar surface area (TPSA) is 74.9 Å². The smallest absolute Gasteiger partial charge is 0.410 e. The van der Waals surface area contributed by atoms with Crippen molar-refractivity contribution in [3.63, 3.8) is 0 Å². The molecule has 1 N–H and O–H groups in total. The predicted molar refractivity (Wildman–Crippen MR) is 138 cm³/mol. The number of rotatable bonds is 3. The molecule has 0 spiro atoms. The van der Waals surface area contributed by atoms with Crippen LogP contribution in [0.2, 0.25) is 5.02 Å². The number of anilines is 1. The molecule has 1 aromatic heterocycles. The molecule has 3 aromatic rings. The van der Waals surface area contributed by atoms with Gasteiger partial charge in [0.2, 0.25) is 0 Å². The Morgan fingerprint density at radius 1 is 1.20 bits per heavy atom. The van der Waals surface area contributed by atoms with Gasteiger partial charge in [-0.25, -0.2) is 9.59 Å². The van der Waals surface area contributed by atoms with Crippen LogP contribution in [0.1, 0.15) is 50.9 Å². The Bertz CT molecular complexity index is 1300. The molecule has 2 saturated heterocycles. The summed E-state index contributed by atoms with van der Waals surface area (Å²) in [6.45, 7) is 9.91. The molecule has 8 heteroatoms. The molecule has 2 aliphatic heterocycles. The molecule has 186 valence electrons. The second kappa shape index (κ2) is 8.94. The lowest BCUT2D eigenvalue weighted by atomic mass is 9.92. The monoisotopic (exact) mass is 497 g/mol. The summed E-state index contributed by atoms with van der Waals surface area (Å²) in [4.78, 5) is 33.4. The normalized spacial score (nSPS) is 20.4. The molecule has 7 nitrogen and oxygen atoms in total. The number of aromatic amines is 1. The van der Waals surface area contributed by atoms with Crippen LogP contribution in [0.25, 0.3) is 21.8 Å². The lowest BCUT2D eigenvalue weighted by molar-refractivity contribution is 0.00668. The van der Waals surface area contributed by atoms with Gasteiger partial charge >= 0.3 is 12.1 Å². The average molecular weight is 498 g/mol. The van der Waals surface area contributed by atoms with E-state index < -0.39 is 11.6 Å². The zero-order chi connectivity index (χ0) is 24.9. The quantitative estimate of drug-likeness (QED) is 0.450. The van der Waals surface area contributed by atoms with Gasteiger partial charge < -0.3 is 24.3 Å². The van der Waals surface area contributed by atoms with E-state index >= 15 is 0 Å². The average Bonchev–Trinajstić information content (AvgIpc) is 3.39. The van der Waals surface area contributed by atoms with Crippen molar-refractivity contribution in [1.82, 2.24) is 9.88 Å². The molecule has 0 radical (unpaired) electrons. The van der Waals surface area contributed by atoms with E-state index in [1.165, 1.54) is 0 Å². The number of para-hydroxylation sites is 1. The van der Waals surface area contributed by atoms with Crippen LogP contribution in [0, 0.1) is 5.92 Å². The molecule has 2 fully saturated rings. The van der Waals surface area contributed by atoms with Crippen LogP contribution in [0.3, 0.4) is 0 Å². The number of carbonyl (C=O) groups is 2. The number of carbonyl (C=O) groups excluding carboxylic acids is 2. The van der Waals surface area contributed by atoms with Crippen LogP contribution < -0.4 is 4.90 Å². The summed E-state index contributed by atoms with van der Waals surface area (Å²) in [5.41, 5.74) is 2.45. The van der Waals surface area contributed by atoms with Crippen LogP contribution >= 0.6 is 11.6 Å². The Kier molecular flexibility index (Phi) is 6.08. The second-order valence-electron chi connectivity index (χ2n) is 10.4. The van der Waals surface area contributed by atoms with Gasteiger partial charge in [-0.1, -0.05) is 29.8 Å². The third kappa shape index (κ3) is 4.31. The van der Waals surface area contributed by atoms with Crippen molar-refractivity contribution < 1.29 is 19.1 Å². The number of benzene rings is 2.